The lowest BCUT2D eigenvalue weighted by atomic mass is 9.84. The van der Waals surface area contributed by atoms with Crippen LogP contribution in [0, 0.1) is 5.92 Å². The molecule has 0 bridgehead atoms. The Morgan fingerprint density at radius 1 is 1.21 bits per heavy atom. The normalized spacial score (nSPS) is 33.1. The summed E-state index contributed by atoms with van der Waals surface area (Å²) in [5, 5.41) is 4.67. The zero-order valence-corrected chi connectivity index (χ0v) is 19.9. The Balaban J connectivity index is 1.85. The first-order chi connectivity index (χ1) is 13.8. The van der Waals surface area contributed by atoms with Crippen molar-refractivity contribution in [2.45, 2.75) is 55.0 Å². The summed E-state index contributed by atoms with van der Waals surface area (Å²) in [5.41, 5.74) is 1.24. The van der Waals surface area contributed by atoms with E-state index >= 15 is 0 Å². The van der Waals surface area contributed by atoms with Crippen LogP contribution in [0.15, 0.2) is 29.2 Å². The minimum absolute atomic E-state index is 0.342. The van der Waals surface area contributed by atoms with Crippen molar-refractivity contribution in [3.8, 4) is 0 Å². The summed E-state index contributed by atoms with van der Waals surface area (Å²) < 4.78 is 30.2. The summed E-state index contributed by atoms with van der Waals surface area (Å²) in [7, 11) is 0.993. The van der Waals surface area contributed by atoms with Gasteiger partial charge in [0.1, 0.15) is 12.2 Å². The first-order valence-electron chi connectivity index (χ1n) is 10.8. The molecule has 1 N–H and O–H groups in total. The van der Waals surface area contributed by atoms with Crippen LogP contribution < -0.4 is 5.32 Å². The van der Waals surface area contributed by atoms with Crippen molar-refractivity contribution in [2.75, 3.05) is 45.9 Å². The Morgan fingerprint density at radius 2 is 1.93 bits per heavy atom. The van der Waals surface area contributed by atoms with Crippen LogP contribution in [0.2, 0.25) is 0 Å². The van der Waals surface area contributed by atoms with Gasteiger partial charge in [-0.25, -0.2) is 8.42 Å². The zero-order valence-electron chi connectivity index (χ0n) is 18.3. The van der Waals surface area contributed by atoms with E-state index in [0.717, 1.165) is 42.3 Å². The average molecular weight is 442 g/mol. The van der Waals surface area contributed by atoms with E-state index in [1.54, 1.807) is 19.2 Å². The minimum Gasteiger partial charge on any atom is -0.384 e. The van der Waals surface area contributed by atoms with Gasteiger partial charge in [-0.1, -0.05) is 12.1 Å². The highest BCUT2D eigenvalue weighted by atomic mass is 32.2. The van der Waals surface area contributed by atoms with Crippen molar-refractivity contribution in [3.05, 3.63) is 29.8 Å². The van der Waals surface area contributed by atoms with Crippen LogP contribution in [0.3, 0.4) is 0 Å². The van der Waals surface area contributed by atoms with Gasteiger partial charge < -0.3 is 9.22 Å². The Bertz CT molecular complexity index is 763. The Hall–Kier alpha value is -0.600. The highest BCUT2D eigenvalue weighted by Gasteiger charge is 2.48. The second kappa shape index (κ2) is 9.69. The van der Waals surface area contributed by atoms with Gasteiger partial charge in [0.15, 0.2) is 9.84 Å². The molecule has 0 aliphatic carbocycles. The molecule has 164 valence electrons. The summed E-state index contributed by atoms with van der Waals surface area (Å²) in [6, 6.07) is 7.93. The molecule has 0 radical (unpaired) electrons. The quantitative estimate of drug-likeness (QED) is 0.626. The first kappa shape index (κ1) is 23.1. The number of hydrogen-bond acceptors (Lipinski definition) is 5. The predicted molar refractivity (Wildman–Crippen MR) is 121 cm³/mol. The van der Waals surface area contributed by atoms with E-state index in [-0.39, 0.29) is 0 Å². The molecule has 0 aromatic heterocycles. The minimum atomic E-state index is -3.17. The van der Waals surface area contributed by atoms with Gasteiger partial charge in [-0.05, 0) is 44.1 Å². The molecule has 0 saturated carbocycles. The number of quaternary nitrogens is 1. The molecule has 3 rings (SSSR count). The highest BCUT2D eigenvalue weighted by molar-refractivity contribution is 8.00. The molecule has 29 heavy (non-hydrogen) atoms. The zero-order chi connectivity index (χ0) is 21.1. The third-order valence-corrected chi connectivity index (χ3v) is 9.47. The number of methoxy groups -OCH3 is 1. The lowest BCUT2D eigenvalue weighted by Gasteiger charge is -2.53. The molecule has 2 aliphatic rings. The van der Waals surface area contributed by atoms with E-state index in [2.05, 4.69) is 31.1 Å². The van der Waals surface area contributed by atoms with Crippen LogP contribution in [0.4, 0.5) is 0 Å². The van der Waals surface area contributed by atoms with Crippen molar-refractivity contribution in [2.24, 2.45) is 5.92 Å². The molecule has 2 saturated heterocycles. The van der Waals surface area contributed by atoms with E-state index in [1.165, 1.54) is 30.4 Å². The number of thioether (sulfide) groups is 1. The summed E-state index contributed by atoms with van der Waals surface area (Å²) in [4.78, 5) is 0.396. The standard InChI is InChI=1S/C22H37N2O3S2/c1-5-24(2)21(17-8-11-20(12-9-17)29(4,25)26)13-10-18(16-27-3)22(24)23-15-19-7-6-14-28-19/h8-9,11-12,18-19,21-23H,5-7,10,13-16H2,1-4H3/q+1. The smallest absolute Gasteiger partial charge is 0.175 e. The molecule has 5 atom stereocenters. The molecular weight excluding hydrogens is 404 g/mol. The Morgan fingerprint density at radius 3 is 2.48 bits per heavy atom. The van der Waals surface area contributed by atoms with Gasteiger partial charge in [0, 0.05) is 43.1 Å². The lowest BCUT2D eigenvalue weighted by molar-refractivity contribution is -0.973. The summed E-state index contributed by atoms with van der Waals surface area (Å²) in [6.45, 7) is 5.13. The van der Waals surface area contributed by atoms with Gasteiger partial charge in [0.05, 0.1) is 25.1 Å². The molecular formula is C22H37N2O3S2+. The van der Waals surface area contributed by atoms with Crippen LogP contribution in [0.25, 0.3) is 0 Å². The number of piperidine rings is 1. The molecule has 2 aliphatic heterocycles. The topological polar surface area (TPSA) is 55.4 Å². The number of nitrogens with one attached hydrogen (secondary N) is 1. The molecule has 5 nitrogen and oxygen atoms in total. The van der Waals surface area contributed by atoms with Gasteiger partial charge in [0.25, 0.3) is 0 Å². The van der Waals surface area contributed by atoms with Crippen molar-refractivity contribution in [1.82, 2.24) is 5.32 Å². The highest BCUT2D eigenvalue weighted by Crippen LogP contribution is 2.42. The number of rotatable bonds is 8. The first-order valence-corrected chi connectivity index (χ1v) is 13.7. The molecule has 0 amide bonds. The number of sulfone groups is 1. The van der Waals surface area contributed by atoms with E-state index in [0.29, 0.717) is 23.0 Å². The Labute approximate surface area is 181 Å². The maximum Gasteiger partial charge on any atom is 0.175 e. The third kappa shape index (κ3) is 5.18. The molecule has 0 spiro atoms. The van der Waals surface area contributed by atoms with Crippen molar-refractivity contribution in [3.63, 3.8) is 0 Å². The maximum absolute atomic E-state index is 11.9. The Kier molecular flexibility index (Phi) is 7.71. The number of nitrogens with zero attached hydrogens (tertiary/aromatic N) is 1. The molecule has 2 fully saturated rings. The van der Waals surface area contributed by atoms with Crippen LogP contribution in [-0.2, 0) is 14.6 Å². The van der Waals surface area contributed by atoms with Crippen LogP contribution >= 0.6 is 11.8 Å². The van der Waals surface area contributed by atoms with E-state index in [9.17, 15) is 8.42 Å². The molecule has 5 unspecified atom stereocenters. The van der Waals surface area contributed by atoms with Crippen LogP contribution in [0.5, 0.6) is 0 Å². The molecule has 1 aromatic carbocycles. The molecule has 7 heteroatoms. The van der Waals surface area contributed by atoms with E-state index in [1.807, 2.05) is 12.1 Å². The summed E-state index contributed by atoms with van der Waals surface area (Å²) >= 11 is 2.10. The fourth-order valence-corrected chi connectivity index (χ4v) is 7.03. The van der Waals surface area contributed by atoms with Crippen molar-refractivity contribution >= 4 is 21.6 Å². The maximum atomic E-state index is 11.9. The fourth-order valence-electron chi connectivity index (χ4n) is 5.18. The average Bonchev–Trinajstić information content (AvgIpc) is 3.21. The second-order valence-electron chi connectivity index (χ2n) is 8.80. The number of benzene rings is 1. The number of hydrogen-bond donors (Lipinski definition) is 1. The lowest BCUT2D eigenvalue weighted by Crippen LogP contribution is -2.66. The fraction of sp³-hybridized carbons (Fsp3) is 0.727. The van der Waals surface area contributed by atoms with Crippen LogP contribution in [0.1, 0.15) is 44.2 Å². The summed E-state index contributed by atoms with van der Waals surface area (Å²) in [6.07, 6.45) is 6.46. The summed E-state index contributed by atoms with van der Waals surface area (Å²) in [5.74, 6) is 1.77. The number of ether oxygens (including phenoxy) is 1. The van der Waals surface area contributed by atoms with Gasteiger partial charge >= 0.3 is 0 Å². The predicted octanol–water partition coefficient (Wildman–Crippen LogP) is 3.47. The van der Waals surface area contributed by atoms with Crippen molar-refractivity contribution < 1.29 is 17.6 Å². The van der Waals surface area contributed by atoms with Crippen LogP contribution in [-0.4, -0.2) is 70.2 Å². The van der Waals surface area contributed by atoms with E-state index < -0.39 is 9.84 Å². The largest absolute Gasteiger partial charge is 0.384 e. The third-order valence-electron chi connectivity index (χ3n) is 6.94. The van der Waals surface area contributed by atoms with Gasteiger partial charge in [0.2, 0.25) is 0 Å². The van der Waals surface area contributed by atoms with Gasteiger partial charge in [-0.15, -0.1) is 0 Å². The van der Waals surface area contributed by atoms with Crippen molar-refractivity contribution in [1.29, 1.82) is 0 Å². The molecule has 2 heterocycles. The second-order valence-corrected chi connectivity index (χ2v) is 12.2. The SMILES string of the molecule is CC[N+]1(C)C(c2ccc(S(C)(=O)=O)cc2)CCC(COC)C1NCC1CCCS1. The van der Waals surface area contributed by atoms with E-state index in [4.69, 9.17) is 4.74 Å². The molecule has 1 aromatic rings. The van der Waals surface area contributed by atoms with Gasteiger partial charge in [-0.3, -0.25) is 5.32 Å². The number of likely N-dealkylation sites (tertiary alicyclic amines) is 1. The van der Waals surface area contributed by atoms with Gasteiger partial charge in [-0.2, -0.15) is 11.8 Å². The monoisotopic (exact) mass is 441 g/mol.